The van der Waals surface area contributed by atoms with Crippen molar-refractivity contribution < 1.29 is 13.6 Å². The lowest BCUT2D eigenvalue weighted by Crippen LogP contribution is -2.47. The van der Waals surface area contributed by atoms with Gasteiger partial charge in [-0.3, -0.25) is 9.46 Å². The highest BCUT2D eigenvalue weighted by atomic mass is 31.2. The molecule has 2 aliphatic carbocycles. The Kier molecular flexibility index (Phi) is 15.0. The molecular formula is C32H60N7O3P. The van der Waals surface area contributed by atoms with Gasteiger partial charge >= 0.3 is 7.60 Å². The Morgan fingerprint density at radius 3 is 2.33 bits per heavy atom. The van der Waals surface area contributed by atoms with Crippen molar-refractivity contribution in [1.29, 1.82) is 0 Å². The van der Waals surface area contributed by atoms with Gasteiger partial charge in [0.25, 0.3) is 0 Å². The minimum absolute atomic E-state index is 0.403. The minimum Gasteiger partial charge on any atom is -0.384 e. The maximum Gasteiger partial charge on any atom is 0.331 e. The normalized spacial score (nSPS) is 22.7. The van der Waals surface area contributed by atoms with Crippen LogP contribution in [-0.2, 0) is 20.0 Å². The van der Waals surface area contributed by atoms with Crippen LogP contribution in [0.2, 0.25) is 0 Å². The average Bonchev–Trinajstić information content (AvgIpc) is 3.02. The quantitative estimate of drug-likeness (QED) is 0.151. The molecule has 1 aromatic heterocycles. The van der Waals surface area contributed by atoms with Crippen molar-refractivity contribution in [2.45, 2.75) is 96.9 Å². The van der Waals surface area contributed by atoms with Crippen LogP contribution in [0.5, 0.6) is 0 Å². The summed E-state index contributed by atoms with van der Waals surface area (Å²) in [5, 5.41) is 7.49. The SMILES string of the molecule is CCOP(=O)(CCN1CCN(c2cc(N)nc(CCC3CCC(CNCCCNC4CCCCC4)CC3)n2)CC1)OCC. The van der Waals surface area contributed by atoms with Gasteiger partial charge in [-0.2, -0.15) is 0 Å². The Hall–Kier alpha value is -1.29. The van der Waals surface area contributed by atoms with Crippen LogP contribution >= 0.6 is 7.60 Å². The number of nitrogens with zero attached hydrogens (tertiary/aromatic N) is 4. The van der Waals surface area contributed by atoms with E-state index in [2.05, 4.69) is 25.4 Å². The zero-order valence-electron chi connectivity index (χ0n) is 27.1. The summed E-state index contributed by atoms with van der Waals surface area (Å²) in [7, 11) is -3.01. The molecule has 1 saturated heterocycles. The molecule has 10 nitrogen and oxygen atoms in total. The third-order valence-corrected chi connectivity index (χ3v) is 11.6. The molecule has 1 aliphatic heterocycles. The summed E-state index contributed by atoms with van der Waals surface area (Å²) >= 11 is 0. The van der Waals surface area contributed by atoms with E-state index in [-0.39, 0.29) is 0 Å². The third kappa shape index (κ3) is 12.2. The first kappa shape index (κ1) is 34.6. The molecule has 0 unspecified atom stereocenters. The smallest absolute Gasteiger partial charge is 0.331 e. The van der Waals surface area contributed by atoms with E-state index < -0.39 is 7.60 Å². The minimum atomic E-state index is -3.01. The molecule has 0 radical (unpaired) electrons. The standard InChI is InChI=1S/C32H60N7O3P/c1-3-41-43(40,42-4-2)24-23-38-19-21-39(22-20-38)32-25-30(33)36-31(37-32)16-15-27-11-13-28(14-12-27)26-34-17-8-18-35-29-9-6-5-7-10-29/h25,27-29,34-35H,3-24,26H2,1-2H3,(H2,33,36,37). The molecule has 4 rings (SSSR count). The molecule has 0 spiro atoms. The van der Waals surface area contributed by atoms with Crippen molar-refractivity contribution in [3.63, 3.8) is 0 Å². The second-order valence-electron chi connectivity index (χ2n) is 12.8. The van der Waals surface area contributed by atoms with Gasteiger partial charge in [-0.05, 0) is 83.8 Å². The first-order chi connectivity index (χ1) is 21.0. The van der Waals surface area contributed by atoms with E-state index in [1.165, 1.54) is 70.8 Å². The first-order valence-electron chi connectivity index (χ1n) is 17.4. The van der Waals surface area contributed by atoms with Gasteiger partial charge in [0.15, 0.2) is 0 Å². The van der Waals surface area contributed by atoms with Gasteiger partial charge < -0.3 is 30.3 Å². The summed E-state index contributed by atoms with van der Waals surface area (Å²) in [6.45, 7) is 12.2. The first-order valence-corrected chi connectivity index (χ1v) is 19.1. The van der Waals surface area contributed by atoms with E-state index in [0.29, 0.717) is 31.7 Å². The summed E-state index contributed by atoms with van der Waals surface area (Å²) in [6.07, 6.45) is 16.0. The van der Waals surface area contributed by atoms with Gasteiger partial charge in [-0.25, -0.2) is 9.97 Å². The van der Waals surface area contributed by atoms with Gasteiger partial charge in [0.1, 0.15) is 17.5 Å². The predicted octanol–water partition coefficient (Wildman–Crippen LogP) is 5.09. The Morgan fingerprint density at radius 2 is 1.63 bits per heavy atom. The van der Waals surface area contributed by atoms with Crippen LogP contribution in [0.25, 0.3) is 0 Å². The van der Waals surface area contributed by atoms with Crippen molar-refractivity contribution in [3.8, 4) is 0 Å². The van der Waals surface area contributed by atoms with Crippen LogP contribution in [0, 0.1) is 11.8 Å². The second kappa shape index (κ2) is 18.6. The number of anilines is 2. The summed E-state index contributed by atoms with van der Waals surface area (Å²) in [4.78, 5) is 14.1. The maximum atomic E-state index is 12.8. The number of nitrogen functional groups attached to an aromatic ring is 1. The summed E-state index contributed by atoms with van der Waals surface area (Å²) in [6, 6.07) is 2.68. The van der Waals surface area contributed by atoms with Crippen molar-refractivity contribution in [1.82, 2.24) is 25.5 Å². The monoisotopic (exact) mass is 621 g/mol. The lowest BCUT2D eigenvalue weighted by molar-refractivity contribution is 0.209. The van der Waals surface area contributed by atoms with Crippen LogP contribution in [0.4, 0.5) is 11.6 Å². The molecule has 4 N–H and O–H groups in total. The number of nitrogens with two attached hydrogens (primary N) is 1. The van der Waals surface area contributed by atoms with Crippen LogP contribution in [0.3, 0.4) is 0 Å². The fraction of sp³-hybridized carbons (Fsp3) is 0.875. The Bertz CT molecular complexity index is 954. The molecule has 2 heterocycles. The van der Waals surface area contributed by atoms with Crippen molar-refractivity contribution in [2.75, 3.05) is 82.4 Å². The molecule has 43 heavy (non-hydrogen) atoms. The molecular weight excluding hydrogens is 561 g/mol. The lowest BCUT2D eigenvalue weighted by Gasteiger charge is -2.36. The molecule has 3 fully saturated rings. The van der Waals surface area contributed by atoms with E-state index in [1.54, 1.807) is 0 Å². The average molecular weight is 622 g/mol. The molecule has 0 atom stereocenters. The Balaban J connectivity index is 1.10. The maximum absolute atomic E-state index is 12.8. The van der Waals surface area contributed by atoms with Crippen LogP contribution < -0.4 is 21.3 Å². The van der Waals surface area contributed by atoms with Crippen LogP contribution in [-0.4, -0.2) is 92.6 Å². The summed E-state index contributed by atoms with van der Waals surface area (Å²) < 4.78 is 23.7. The van der Waals surface area contributed by atoms with Crippen LogP contribution in [0.1, 0.15) is 90.3 Å². The van der Waals surface area contributed by atoms with Crippen molar-refractivity contribution in [3.05, 3.63) is 11.9 Å². The largest absolute Gasteiger partial charge is 0.384 e. The zero-order chi connectivity index (χ0) is 30.3. The molecule has 3 aliphatic rings. The molecule has 1 aromatic rings. The van der Waals surface area contributed by atoms with E-state index >= 15 is 0 Å². The van der Waals surface area contributed by atoms with Gasteiger partial charge in [-0.1, -0.05) is 32.1 Å². The van der Waals surface area contributed by atoms with Gasteiger partial charge in [0.05, 0.1) is 19.4 Å². The molecule has 246 valence electrons. The van der Waals surface area contributed by atoms with Crippen molar-refractivity contribution in [2.24, 2.45) is 11.8 Å². The number of aryl methyl sites for hydroxylation is 1. The molecule has 2 saturated carbocycles. The number of piperazine rings is 1. The topological polar surface area (TPSA) is 118 Å². The Morgan fingerprint density at radius 1 is 0.930 bits per heavy atom. The fourth-order valence-corrected chi connectivity index (χ4v) is 8.64. The predicted molar refractivity (Wildman–Crippen MR) is 177 cm³/mol. The lowest BCUT2D eigenvalue weighted by atomic mass is 9.80. The second-order valence-corrected chi connectivity index (χ2v) is 15.0. The molecule has 11 heteroatoms. The number of hydrogen-bond acceptors (Lipinski definition) is 10. The number of hydrogen-bond donors (Lipinski definition) is 3. The Labute approximate surface area is 261 Å². The highest BCUT2D eigenvalue weighted by Crippen LogP contribution is 2.47. The molecule has 0 bridgehead atoms. The van der Waals surface area contributed by atoms with E-state index in [9.17, 15) is 4.57 Å². The van der Waals surface area contributed by atoms with Gasteiger partial charge in [0.2, 0.25) is 0 Å². The van der Waals surface area contributed by atoms with Gasteiger partial charge in [0, 0.05) is 51.3 Å². The fourth-order valence-electron chi connectivity index (χ4n) is 6.99. The van der Waals surface area contributed by atoms with Gasteiger partial charge in [-0.15, -0.1) is 0 Å². The van der Waals surface area contributed by atoms with E-state index in [4.69, 9.17) is 19.8 Å². The summed E-state index contributed by atoms with van der Waals surface area (Å²) in [5.41, 5.74) is 6.23. The molecule has 0 aromatic carbocycles. The zero-order valence-corrected chi connectivity index (χ0v) is 28.0. The van der Waals surface area contributed by atoms with E-state index in [0.717, 1.165) is 81.6 Å². The molecule has 0 amide bonds. The number of rotatable bonds is 18. The van der Waals surface area contributed by atoms with E-state index in [1.807, 2.05) is 19.9 Å². The van der Waals surface area contributed by atoms with Crippen LogP contribution in [0.15, 0.2) is 6.07 Å². The third-order valence-electron chi connectivity index (χ3n) is 9.56. The highest BCUT2D eigenvalue weighted by Gasteiger charge is 2.27. The number of aromatic nitrogens is 2. The number of nitrogens with one attached hydrogen (secondary N) is 2. The summed E-state index contributed by atoms with van der Waals surface area (Å²) in [5.74, 6) is 3.94. The van der Waals surface area contributed by atoms with Crippen molar-refractivity contribution >= 4 is 19.2 Å². The highest BCUT2D eigenvalue weighted by molar-refractivity contribution is 7.53.